The maximum absolute atomic E-state index is 13.2. The van der Waals surface area contributed by atoms with Gasteiger partial charge in [0.05, 0.1) is 16.4 Å². The molecule has 1 aromatic carbocycles. The number of amides is 1. The molecule has 0 aromatic heterocycles. The van der Waals surface area contributed by atoms with Crippen molar-refractivity contribution in [1.29, 1.82) is 0 Å². The molecule has 1 aliphatic rings. The summed E-state index contributed by atoms with van der Waals surface area (Å²) in [4.78, 5) is 24.2. The third-order valence-electron chi connectivity index (χ3n) is 3.04. The smallest absolute Gasteiger partial charge is 0.338 e. The molecule has 2 atom stereocenters. The zero-order valence-corrected chi connectivity index (χ0v) is 10.9. The summed E-state index contributed by atoms with van der Waals surface area (Å²) >= 11 is 0. The van der Waals surface area contributed by atoms with Crippen LogP contribution in [-0.2, 0) is 15.6 Å². The number of likely N-dealkylation sites (tertiary alicyclic amines) is 1. The molecule has 102 valence electrons. The summed E-state index contributed by atoms with van der Waals surface area (Å²) in [5, 5.41) is 8.13. The van der Waals surface area contributed by atoms with Gasteiger partial charge in [-0.25, -0.2) is 9.18 Å². The number of halogens is 1. The summed E-state index contributed by atoms with van der Waals surface area (Å²) in [7, 11) is -0.0479. The van der Waals surface area contributed by atoms with Gasteiger partial charge in [0.1, 0.15) is 11.1 Å². The van der Waals surface area contributed by atoms with Crippen molar-refractivity contribution in [3.8, 4) is 0 Å². The van der Waals surface area contributed by atoms with Gasteiger partial charge in [0.25, 0.3) is 0 Å². The summed E-state index contributed by atoms with van der Waals surface area (Å²) in [6.45, 7) is 0.516. The molecule has 19 heavy (non-hydrogen) atoms. The number of nitrogens with zero attached hydrogens (tertiary/aromatic N) is 1. The summed E-state index contributed by atoms with van der Waals surface area (Å²) in [5.74, 6) is -2.55. The second-order valence-electron chi connectivity index (χ2n) is 4.28. The van der Waals surface area contributed by atoms with Gasteiger partial charge in [-0.2, -0.15) is 0 Å². The SMILES string of the molecule is CN1CCC(S(=O)c2ccc(F)c(C(=O)O)c2)C1=O. The molecule has 0 saturated carbocycles. The third kappa shape index (κ3) is 2.51. The van der Waals surface area contributed by atoms with E-state index in [1.807, 2.05) is 0 Å². The highest BCUT2D eigenvalue weighted by atomic mass is 32.2. The zero-order valence-electron chi connectivity index (χ0n) is 10.1. The lowest BCUT2D eigenvalue weighted by Crippen LogP contribution is -2.28. The molecule has 1 aliphatic heterocycles. The van der Waals surface area contributed by atoms with E-state index in [-0.39, 0.29) is 10.8 Å². The second kappa shape index (κ2) is 5.08. The van der Waals surface area contributed by atoms with Crippen LogP contribution in [0.2, 0.25) is 0 Å². The van der Waals surface area contributed by atoms with Crippen LogP contribution in [0.5, 0.6) is 0 Å². The lowest BCUT2D eigenvalue weighted by atomic mass is 10.2. The quantitative estimate of drug-likeness (QED) is 0.894. The molecule has 5 nitrogen and oxygen atoms in total. The molecule has 0 bridgehead atoms. The fraction of sp³-hybridized carbons (Fsp3) is 0.333. The largest absolute Gasteiger partial charge is 0.478 e. The van der Waals surface area contributed by atoms with Gasteiger partial charge in [0, 0.05) is 18.5 Å². The molecule has 2 unspecified atom stereocenters. The minimum atomic E-state index is -1.67. The number of hydrogen-bond donors (Lipinski definition) is 1. The van der Waals surface area contributed by atoms with Crippen LogP contribution in [-0.4, -0.2) is 44.9 Å². The highest BCUT2D eigenvalue weighted by molar-refractivity contribution is 7.86. The van der Waals surface area contributed by atoms with E-state index in [2.05, 4.69) is 0 Å². The van der Waals surface area contributed by atoms with Crippen LogP contribution in [0.25, 0.3) is 0 Å². The zero-order chi connectivity index (χ0) is 14.2. The first-order valence-corrected chi connectivity index (χ1v) is 6.81. The first kappa shape index (κ1) is 13.7. The summed E-state index contributed by atoms with van der Waals surface area (Å²) < 4.78 is 25.5. The molecule has 2 rings (SSSR count). The van der Waals surface area contributed by atoms with Crippen LogP contribution in [0.4, 0.5) is 4.39 Å². The van der Waals surface area contributed by atoms with Gasteiger partial charge in [0.2, 0.25) is 5.91 Å². The number of aromatic carboxylic acids is 1. The third-order valence-corrected chi connectivity index (χ3v) is 4.71. The number of carbonyl (C=O) groups is 2. The van der Waals surface area contributed by atoms with Gasteiger partial charge in [-0.3, -0.25) is 9.00 Å². The van der Waals surface area contributed by atoms with E-state index in [9.17, 15) is 18.2 Å². The Kier molecular flexibility index (Phi) is 3.66. The lowest BCUT2D eigenvalue weighted by Gasteiger charge is -2.10. The molecule has 1 fully saturated rings. The Hall–Kier alpha value is -1.76. The average molecular weight is 285 g/mol. The van der Waals surface area contributed by atoms with Crippen molar-refractivity contribution in [3.05, 3.63) is 29.6 Å². The predicted molar refractivity (Wildman–Crippen MR) is 65.8 cm³/mol. The van der Waals surface area contributed by atoms with E-state index in [4.69, 9.17) is 5.11 Å². The summed E-state index contributed by atoms with van der Waals surface area (Å²) in [5.41, 5.74) is -0.537. The molecule has 1 heterocycles. The van der Waals surface area contributed by atoms with Crippen LogP contribution < -0.4 is 0 Å². The predicted octanol–water partition coefficient (Wildman–Crippen LogP) is 0.862. The van der Waals surface area contributed by atoms with Crippen molar-refractivity contribution in [2.75, 3.05) is 13.6 Å². The molecule has 0 radical (unpaired) electrons. The highest BCUT2D eigenvalue weighted by Gasteiger charge is 2.34. The normalized spacial score (nSPS) is 20.6. The highest BCUT2D eigenvalue weighted by Crippen LogP contribution is 2.22. The fourth-order valence-electron chi connectivity index (χ4n) is 1.95. The minimum absolute atomic E-state index is 0.160. The van der Waals surface area contributed by atoms with Gasteiger partial charge in [0.15, 0.2) is 0 Å². The first-order valence-electron chi connectivity index (χ1n) is 5.60. The Bertz CT molecular complexity index is 575. The van der Waals surface area contributed by atoms with E-state index in [0.717, 1.165) is 12.1 Å². The minimum Gasteiger partial charge on any atom is -0.478 e. The Morgan fingerprint density at radius 2 is 2.21 bits per heavy atom. The fourth-order valence-corrected chi connectivity index (χ4v) is 3.39. The second-order valence-corrected chi connectivity index (χ2v) is 5.92. The lowest BCUT2D eigenvalue weighted by molar-refractivity contribution is -0.126. The number of benzene rings is 1. The van der Waals surface area contributed by atoms with Crippen molar-refractivity contribution in [3.63, 3.8) is 0 Å². The van der Waals surface area contributed by atoms with Crippen molar-refractivity contribution in [1.82, 2.24) is 4.90 Å². The molecule has 1 aromatic rings. The van der Waals surface area contributed by atoms with Gasteiger partial charge in [-0.1, -0.05) is 0 Å². The maximum Gasteiger partial charge on any atom is 0.338 e. The van der Waals surface area contributed by atoms with Gasteiger partial charge >= 0.3 is 5.97 Å². The van der Waals surface area contributed by atoms with E-state index in [1.54, 1.807) is 7.05 Å². The van der Waals surface area contributed by atoms with E-state index >= 15 is 0 Å². The molecule has 0 spiro atoms. The molecule has 1 amide bonds. The Morgan fingerprint density at radius 1 is 1.53 bits per heavy atom. The van der Waals surface area contributed by atoms with Crippen molar-refractivity contribution >= 4 is 22.7 Å². The average Bonchev–Trinajstić information content (AvgIpc) is 2.69. The van der Waals surface area contributed by atoms with E-state index in [1.165, 1.54) is 11.0 Å². The van der Waals surface area contributed by atoms with Crippen LogP contribution in [0.1, 0.15) is 16.8 Å². The number of hydrogen-bond acceptors (Lipinski definition) is 3. The molecule has 1 N–H and O–H groups in total. The maximum atomic E-state index is 13.2. The van der Waals surface area contributed by atoms with Crippen molar-refractivity contribution < 1.29 is 23.3 Å². The number of carboxylic acids is 1. The topological polar surface area (TPSA) is 74.7 Å². The van der Waals surface area contributed by atoms with Gasteiger partial charge in [-0.15, -0.1) is 0 Å². The Balaban J connectivity index is 2.32. The first-order chi connectivity index (χ1) is 8.91. The van der Waals surface area contributed by atoms with Crippen LogP contribution in [0, 0.1) is 5.82 Å². The van der Waals surface area contributed by atoms with E-state index < -0.39 is 33.4 Å². The Morgan fingerprint density at radius 3 is 2.74 bits per heavy atom. The van der Waals surface area contributed by atoms with Gasteiger partial charge < -0.3 is 10.0 Å². The molecule has 7 heteroatoms. The summed E-state index contributed by atoms with van der Waals surface area (Å²) in [6, 6.07) is 3.24. The number of carbonyl (C=O) groups excluding carboxylic acids is 1. The number of rotatable bonds is 3. The standard InChI is InChI=1S/C12H12FNO4S/c1-14-5-4-10(11(14)15)19(18)7-2-3-9(13)8(6-7)12(16)17/h2-3,6,10H,4-5H2,1H3,(H,16,17). The monoisotopic (exact) mass is 285 g/mol. The van der Waals surface area contributed by atoms with Gasteiger partial charge in [-0.05, 0) is 24.6 Å². The van der Waals surface area contributed by atoms with Crippen molar-refractivity contribution in [2.45, 2.75) is 16.6 Å². The molecular weight excluding hydrogens is 273 g/mol. The summed E-state index contributed by atoms with van der Waals surface area (Å²) in [6.07, 6.45) is 0.446. The number of carboxylic acid groups (broad SMARTS) is 1. The molecular formula is C12H12FNO4S. The Labute approximate surface area is 111 Å². The van der Waals surface area contributed by atoms with Crippen LogP contribution >= 0.6 is 0 Å². The van der Waals surface area contributed by atoms with Crippen LogP contribution in [0.15, 0.2) is 23.1 Å². The van der Waals surface area contributed by atoms with E-state index in [0.29, 0.717) is 13.0 Å². The molecule has 1 saturated heterocycles. The van der Waals surface area contributed by atoms with Crippen LogP contribution in [0.3, 0.4) is 0 Å². The molecule has 0 aliphatic carbocycles. The van der Waals surface area contributed by atoms with Crippen molar-refractivity contribution in [2.24, 2.45) is 0 Å².